The Bertz CT molecular complexity index is 902. The van der Waals surface area contributed by atoms with Crippen LogP contribution in [0.3, 0.4) is 0 Å². The van der Waals surface area contributed by atoms with Gasteiger partial charge in [0.05, 0.1) is 19.9 Å². The van der Waals surface area contributed by atoms with E-state index in [1.54, 1.807) is 31.5 Å². The van der Waals surface area contributed by atoms with Crippen LogP contribution in [-0.4, -0.2) is 36.1 Å². The molecule has 0 radical (unpaired) electrons. The van der Waals surface area contributed by atoms with E-state index in [0.717, 1.165) is 16.9 Å². The molecular weight excluding hydrogens is 356 g/mol. The Morgan fingerprint density at radius 3 is 2.54 bits per heavy atom. The summed E-state index contributed by atoms with van der Waals surface area (Å²) >= 11 is 0. The van der Waals surface area contributed by atoms with Gasteiger partial charge < -0.3 is 14.2 Å². The molecular formula is C22H22N2O4. The van der Waals surface area contributed by atoms with Crippen LogP contribution in [0.1, 0.15) is 11.1 Å². The lowest BCUT2D eigenvalue weighted by Crippen LogP contribution is -2.10. The molecule has 6 nitrogen and oxygen atoms in total. The van der Waals surface area contributed by atoms with Gasteiger partial charge >= 0.3 is 5.97 Å². The van der Waals surface area contributed by atoms with Crippen molar-refractivity contribution >= 4 is 12.0 Å². The average molecular weight is 378 g/mol. The van der Waals surface area contributed by atoms with Crippen molar-refractivity contribution in [3.8, 4) is 11.5 Å². The number of carbonyl (C=O) groups excluding carboxylic acids is 1. The van der Waals surface area contributed by atoms with Crippen LogP contribution in [0.4, 0.5) is 0 Å². The van der Waals surface area contributed by atoms with E-state index in [0.29, 0.717) is 12.3 Å². The zero-order valence-corrected chi connectivity index (χ0v) is 15.7. The van der Waals surface area contributed by atoms with Crippen LogP contribution in [0.15, 0.2) is 73.1 Å². The Hall–Kier alpha value is -3.54. The topological polar surface area (TPSA) is 62.6 Å². The van der Waals surface area contributed by atoms with Crippen LogP contribution in [-0.2, 0) is 16.1 Å². The molecule has 0 unspecified atom stereocenters. The second-order valence-corrected chi connectivity index (χ2v) is 5.98. The molecule has 6 heteroatoms. The molecule has 0 aliphatic heterocycles. The molecule has 1 heterocycles. The monoisotopic (exact) mass is 378 g/mol. The van der Waals surface area contributed by atoms with Gasteiger partial charge in [0.15, 0.2) is 0 Å². The zero-order valence-electron chi connectivity index (χ0n) is 15.7. The van der Waals surface area contributed by atoms with Crippen LogP contribution in [0.2, 0.25) is 0 Å². The smallest absolute Gasteiger partial charge is 0.330 e. The molecule has 0 fully saturated rings. The summed E-state index contributed by atoms with van der Waals surface area (Å²) in [5.74, 6) is 1.03. The predicted octanol–water partition coefficient (Wildman–Crippen LogP) is 3.58. The van der Waals surface area contributed by atoms with Crippen LogP contribution >= 0.6 is 0 Å². The normalized spacial score (nSPS) is 10.8. The van der Waals surface area contributed by atoms with Crippen LogP contribution in [0.5, 0.6) is 11.5 Å². The fourth-order valence-electron chi connectivity index (χ4n) is 2.51. The van der Waals surface area contributed by atoms with Gasteiger partial charge in [-0.3, -0.25) is 4.68 Å². The fourth-order valence-corrected chi connectivity index (χ4v) is 2.51. The maximum Gasteiger partial charge on any atom is 0.330 e. The lowest BCUT2D eigenvalue weighted by Gasteiger charge is -2.07. The summed E-state index contributed by atoms with van der Waals surface area (Å²) in [6, 6.07) is 17.3. The van der Waals surface area contributed by atoms with Gasteiger partial charge in [0.25, 0.3) is 0 Å². The van der Waals surface area contributed by atoms with Gasteiger partial charge in [0.2, 0.25) is 0 Å². The van der Waals surface area contributed by atoms with Gasteiger partial charge in [-0.2, -0.15) is 5.10 Å². The number of rotatable bonds is 9. The van der Waals surface area contributed by atoms with E-state index in [2.05, 4.69) is 5.10 Å². The third kappa shape index (κ3) is 6.02. The Balaban J connectivity index is 1.39. The van der Waals surface area contributed by atoms with Gasteiger partial charge in [-0.25, -0.2) is 4.79 Å². The number of ether oxygens (including phenoxy) is 3. The highest BCUT2D eigenvalue weighted by Gasteiger charge is 2.01. The second-order valence-electron chi connectivity index (χ2n) is 5.98. The number of carbonyl (C=O) groups is 1. The van der Waals surface area contributed by atoms with Crippen molar-refractivity contribution in [1.29, 1.82) is 0 Å². The minimum Gasteiger partial charge on any atom is -0.497 e. The molecule has 0 bridgehead atoms. The van der Waals surface area contributed by atoms with Crippen molar-refractivity contribution in [3.05, 3.63) is 84.2 Å². The van der Waals surface area contributed by atoms with E-state index in [9.17, 15) is 4.79 Å². The number of methoxy groups -OCH3 is 1. The summed E-state index contributed by atoms with van der Waals surface area (Å²) in [4.78, 5) is 11.8. The summed E-state index contributed by atoms with van der Waals surface area (Å²) in [7, 11) is 1.61. The maximum absolute atomic E-state index is 11.8. The summed E-state index contributed by atoms with van der Waals surface area (Å²) in [6.07, 6.45) is 6.65. The largest absolute Gasteiger partial charge is 0.497 e. The third-order valence-corrected chi connectivity index (χ3v) is 3.91. The minimum absolute atomic E-state index is 0.169. The molecule has 144 valence electrons. The molecule has 0 amide bonds. The molecule has 0 aliphatic carbocycles. The van der Waals surface area contributed by atoms with Crippen LogP contribution < -0.4 is 9.47 Å². The first-order valence-corrected chi connectivity index (χ1v) is 8.91. The first-order chi connectivity index (χ1) is 13.7. The van der Waals surface area contributed by atoms with E-state index in [-0.39, 0.29) is 13.2 Å². The number of nitrogens with zero attached hydrogens (tertiary/aromatic N) is 2. The lowest BCUT2D eigenvalue weighted by atomic mass is 10.2. The van der Waals surface area contributed by atoms with E-state index >= 15 is 0 Å². The molecule has 0 spiro atoms. The molecule has 1 aromatic heterocycles. The maximum atomic E-state index is 11.8. The average Bonchev–Trinajstić information content (AvgIpc) is 3.18. The highest BCUT2D eigenvalue weighted by Crippen LogP contribution is 2.16. The number of hydrogen-bond donors (Lipinski definition) is 0. The van der Waals surface area contributed by atoms with Gasteiger partial charge in [-0.15, -0.1) is 0 Å². The summed E-state index contributed by atoms with van der Waals surface area (Å²) in [6.45, 7) is 1.13. The van der Waals surface area contributed by atoms with Gasteiger partial charge in [0.1, 0.15) is 24.7 Å². The molecule has 3 rings (SSSR count). The molecule has 2 aromatic carbocycles. The quantitative estimate of drug-likeness (QED) is 0.324. The van der Waals surface area contributed by atoms with Crippen molar-refractivity contribution in [2.24, 2.45) is 0 Å². The van der Waals surface area contributed by atoms with Crippen molar-refractivity contribution in [2.45, 2.75) is 6.54 Å². The van der Waals surface area contributed by atoms with Gasteiger partial charge in [0, 0.05) is 17.8 Å². The molecule has 0 N–H and O–H groups in total. The Morgan fingerprint density at radius 1 is 1.04 bits per heavy atom. The second kappa shape index (κ2) is 9.97. The first-order valence-electron chi connectivity index (χ1n) is 8.91. The minimum atomic E-state index is -0.422. The predicted molar refractivity (Wildman–Crippen MR) is 106 cm³/mol. The standard InChI is InChI=1S/C22H22N2O4/c1-26-20-8-10-21(11-9-20)27-13-14-28-22(25)12-7-19-15-23-24(17-19)16-18-5-3-2-4-6-18/h2-12,15,17H,13-14,16H2,1H3/b12-7+. The number of benzene rings is 2. The lowest BCUT2D eigenvalue weighted by molar-refractivity contribution is -0.138. The zero-order chi connectivity index (χ0) is 19.6. The molecule has 0 atom stereocenters. The molecule has 0 saturated heterocycles. The Kier molecular flexibility index (Phi) is 6.84. The Morgan fingerprint density at radius 2 is 1.79 bits per heavy atom. The van der Waals surface area contributed by atoms with E-state index < -0.39 is 5.97 Å². The van der Waals surface area contributed by atoms with E-state index in [1.807, 2.05) is 53.3 Å². The fraction of sp³-hybridized carbons (Fsp3) is 0.182. The SMILES string of the molecule is COc1ccc(OCCOC(=O)/C=C/c2cnn(Cc3ccccc3)c2)cc1. The molecule has 28 heavy (non-hydrogen) atoms. The number of hydrogen-bond acceptors (Lipinski definition) is 5. The summed E-state index contributed by atoms with van der Waals surface area (Å²) in [5, 5.41) is 4.30. The van der Waals surface area contributed by atoms with Crippen molar-refractivity contribution in [1.82, 2.24) is 9.78 Å². The third-order valence-electron chi connectivity index (χ3n) is 3.91. The molecule has 0 aliphatic rings. The van der Waals surface area contributed by atoms with E-state index in [1.165, 1.54) is 6.08 Å². The van der Waals surface area contributed by atoms with E-state index in [4.69, 9.17) is 14.2 Å². The van der Waals surface area contributed by atoms with Crippen LogP contribution in [0, 0.1) is 0 Å². The van der Waals surface area contributed by atoms with Crippen molar-refractivity contribution in [3.63, 3.8) is 0 Å². The van der Waals surface area contributed by atoms with Crippen LogP contribution in [0.25, 0.3) is 6.08 Å². The number of esters is 1. The van der Waals surface area contributed by atoms with Gasteiger partial charge in [-0.05, 0) is 35.9 Å². The molecule has 3 aromatic rings. The number of aromatic nitrogens is 2. The first kappa shape index (κ1) is 19.2. The van der Waals surface area contributed by atoms with Gasteiger partial charge in [-0.1, -0.05) is 30.3 Å². The highest BCUT2D eigenvalue weighted by atomic mass is 16.6. The summed E-state index contributed by atoms with van der Waals surface area (Å²) in [5.41, 5.74) is 2.00. The summed E-state index contributed by atoms with van der Waals surface area (Å²) < 4.78 is 17.5. The Labute approximate surface area is 164 Å². The highest BCUT2D eigenvalue weighted by molar-refractivity contribution is 5.86. The van der Waals surface area contributed by atoms with Crippen molar-refractivity contribution in [2.75, 3.05) is 20.3 Å². The van der Waals surface area contributed by atoms with Crippen molar-refractivity contribution < 1.29 is 19.0 Å². The molecule has 0 saturated carbocycles.